The standard InChI is InChI=1S/C21H22N2O5S2/c1-14-12-15(4-9-19(14)28-3)18-13-29-21(22-18)23-20(24)10-11-30(25,26)17-7-5-16(27-2)6-8-17/h4-9,12-13H,10-11H2,1-3H3,(H,22,23,24). The number of nitrogens with one attached hydrogen (secondary N) is 1. The van der Waals surface area contributed by atoms with Crippen molar-refractivity contribution in [3.05, 3.63) is 53.4 Å². The minimum absolute atomic E-state index is 0.155. The van der Waals surface area contributed by atoms with E-state index in [0.29, 0.717) is 10.9 Å². The van der Waals surface area contributed by atoms with Gasteiger partial charge in [-0.1, -0.05) is 0 Å². The van der Waals surface area contributed by atoms with Gasteiger partial charge in [0.2, 0.25) is 5.91 Å². The topological polar surface area (TPSA) is 94.6 Å². The largest absolute Gasteiger partial charge is 0.497 e. The minimum Gasteiger partial charge on any atom is -0.497 e. The molecule has 0 spiro atoms. The molecule has 0 unspecified atom stereocenters. The Hall–Kier alpha value is -2.91. The average Bonchev–Trinajstić information content (AvgIpc) is 3.20. The molecular weight excluding hydrogens is 424 g/mol. The molecule has 0 saturated carbocycles. The smallest absolute Gasteiger partial charge is 0.227 e. The number of anilines is 1. The first-order chi connectivity index (χ1) is 14.3. The first-order valence-electron chi connectivity index (χ1n) is 9.09. The molecule has 0 aliphatic rings. The molecule has 3 rings (SSSR count). The predicted octanol–water partition coefficient (Wildman–Crippen LogP) is 3.94. The lowest BCUT2D eigenvalue weighted by Crippen LogP contribution is -2.17. The molecule has 0 bridgehead atoms. The zero-order chi connectivity index (χ0) is 21.7. The van der Waals surface area contributed by atoms with Gasteiger partial charge in [0.05, 0.1) is 30.6 Å². The first kappa shape index (κ1) is 21.8. The van der Waals surface area contributed by atoms with Crippen molar-refractivity contribution in [1.29, 1.82) is 0 Å². The highest BCUT2D eigenvalue weighted by Gasteiger charge is 2.17. The van der Waals surface area contributed by atoms with E-state index in [-0.39, 0.29) is 17.1 Å². The monoisotopic (exact) mass is 446 g/mol. The highest BCUT2D eigenvalue weighted by atomic mass is 32.2. The van der Waals surface area contributed by atoms with Crippen LogP contribution >= 0.6 is 11.3 Å². The summed E-state index contributed by atoms with van der Waals surface area (Å²) in [4.78, 5) is 16.8. The molecule has 0 aliphatic heterocycles. The Bertz CT molecular complexity index is 1140. The second-order valence-corrected chi connectivity index (χ2v) is 9.48. The van der Waals surface area contributed by atoms with Crippen LogP contribution in [0.2, 0.25) is 0 Å². The van der Waals surface area contributed by atoms with Gasteiger partial charge < -0.3 is 14.8 Å². The van der Waals surface area contributed by atoms with Crippen LogP contribution in [0.3, 0.4) is 0 Å². The Morgan fingerprint density at radius 3 is 2.47 bits per heavy atom. The molecule has 1 N–H and O–H groups in total. The molecule has 0 saturated heterocycles. The molecule has 0 atom stereocenters. The van der Waals surface area contributed by atoms with Gasteiger partial charge in [0, 0.05) is 17.4 Å². The van der Waals surface area contributed by atoms with Crippen molar-refractivity contribution in [3.8, 4) is 22.8 Å². The SMILES string of the molecule is COc1ccc(S(=O)(=O)CCC(=O)Nc2nc(-c3ccc(OC)c(C)c3)cs2)cc1. The lowest BCUT2D eigenvalue weighted by molar-refractivity contribution is -0.115. The van der Waals surface area contributed by atoms with Crippen LogP contribution in [0.25, 0.3) is 11.3 Å². The maximum Gasteiger partial charge on any atom is 0.227 e. The Kier molecular flexibility index (Phi) is 6.73. The van der Waals surface area contributed by atoms with Gasteiger partial charge in [-0.25, -0.2) is 13.4 Å². The number of nitrogens with zero attached hydrogens (tertiary/aromatic N) is 1. The second kappa shape index (κ2) is 9.27. The van der Waals surface area contributed by atoms with Crippen molar-refractivity contribution < 1.29 is 22.7 Å². The van der Waals surface area contributed by atoms with Crippen LogP contribution in [0.5, 0.6) is 11.5 Å². The molecule has 7 nitrogen and oxygen atoms in total. The normalized spacial score (nSPS) is 11.2. The highest BCUT2D eigenvalue weighted by molar-refractivity contribution is 7.91. The van der Waals surface area contributed by atoms with Gasteiger partial charge in [-0.05, 0) is 55.0 Å². The number of methoxy groups -OCH3 is 2. The Morgan fingerprint density at radius 2 is 1.83 bits per heavy atom. The van der Waals surface area contributed by atoms with E-state index in [0.717, 1.165) is 22.6 Å². The fraction of sp³-hybridized carbons (Fsp3) is 0.238. The number of hydrogen-bond donors (Lipinski definition) is 1. The number of sulfone groups is 1. The first-order valence-corrected chi connectivity index (χ1v) is 11.6. The van der Waals surface area contributed by atoms with Gasteiger partial charge in [0.25, 0.3) is 0 Å². The van der Waals surface area contributed by atoms with Crippen LogP contribution in [0.15, 0.2) is 52.7 Å². The molecule has 0 fully saturated rings. The van der Waals surface area contributed by atoms with Gasteiger partial charge in [-0.3, -0.25) is 4.79 Å². The van der Waals surface area contributed by atoms with Gasteiger partial charge in [-0.15, -0.1) is 11.3 Å². The van der Waals surface area contributed by atoms with Gasteiger partial charge in [-0.2, -0.15) is 0 Å². The van der Waals surface area contributed by atoms with Gasteiger partial charge in [0.15, 0.2) is 15.0 Å². The number of carbonyl (C=O) groups is 1. The summed E-state index contributed by atoms with van der Waals surface area (Å²) in [5.41, 5.74) is 2.62. The molecular formula is C21H22N2O5S2. The molecule has 158 valence electrons. The van der Waals surface area contributed by atoms with E-state index in [1.807, 2.05) is 30.5 Å². The average molecular weight is 447 g/mol. The van der Waals surface area contributed by atoms with Crippen LogP contribution in [-0.4, -0.2) is 39.3 Å². The van der Waals surface area contributed by atoms with Crippen molar-refractivity contribution in [2.24, 2.45) is 0 Å². The highest BCUT2D eigenvalue weighted by Crippen LogP contribution is 2.29. The molecule has 0 aliphatic carbocycles. The third kappa shape index (κ3) is 5.17. The number of carbonyl (C=O) groups excluding carboxylic acids is 1. The molecule has 3 aromatic rings. The van der Waals surface area contributed by atoms with Gasteiger partial charge >= 0.3 is 0 Å². The zero-order valence-electron chi connectivity index (χ0n) is 16.8. The van der Waals surface area contributed by atoms with Crippen molar-refractivity contribution >= 4 is 32.2 Å². The second-order valence-electron chi connectivity index (χ2n) is 6.51. The maximum absolute atomic E-state index is 12.4. The molecule has 9 heteroatoms. The maximum atomic E-state index is 12.4. The van der Waals surface area contributed by atoms with E-state index in [2.05, 4.69) is 10.3 Å². The summed E-state index contributed by atoms with van der Waals surface area (Å²) in [6.45, 7) is 1.95. The number of hydrogen-bond acceptors (Lipinski definition) is 7. The van der Waals surface area contributed by atoms with Crippen LogP contribution in [0, 0.1) is 6.92 Å². The number of aryl methyl sites for hydroxylation is 1. The lowest BCUT2D eigenvalue weighted by atomic mass is 10.1. The number of thiazole rings is 1. The Labute approximate surface area is 179 Å². The summed E-state index contributed by atoms with van der Waals surface area (Å²) in [5, 5.41) is 4.93. The van der Waals surface area contributed by atoms with E-state index >= 15 is 0 Å². The summed E-state index contributed by atoms with van der Waals surface area (Å²) in [6.07, 6.45) is -0.162. The van der Waals surface area contributed by atoms with Crippen LogP contribution in [-0.2, 0) is 14.6 Å². The van der Waals surface area contributed by atoms with Gasteiger partial charge in [0.1, 0.15) is 11.5 Å². The van der Waals surface area contributed by atoms with E-state index in [1.165, 1.54) is 30.6 Å². The van der Waals surface area contributed by atoms with E-state index in [4.69, 9.17) is 9.47 Å². The summed E-state index contributed by atoms with van der Waals surface area (Å²) < 4.78 is 35.1. The molecule has 30 heavy (non-hydrogen) atoms. The summed E-state index contributed by atoms with van der Waals surface area (Å²) in [5.74, 6) is 0.666. The lowest BCUT2D eigenvalue weighted by Gasteiger charge is -2.06. The molecule has 1 aromatic heterocycles. The summed E-state index contributed by atoms with van der Waals surface area (Å²) >= 11 is 1.28. The molecule has 0 radical (unpaired) electrons. The third-order valence-electron chi connectivity index (χ3n) is 4.46. The Morgan fingerprint density at radius 1 is 1.10 bits per heavy atom. The van der Waals surface area contributed by atoms with E-state index in [9.17, 15) is 13.2 Å². The van der Waals surface area contributed by atoms with Crippen LogP contribution in [0.4, 0.5) is 5.13 Å². The van der Waals surface area contributed by atoms with E-state index in [1.54, 1.807) is 19.2 Å². The van der Waals surface area contributed by atoms with Crippen molar-refractivity contribution in [3.63, 3.8) is 0 Å². The quantitative estimate of drug-likeness (QED) is 0.563. The Balaban J connectivity index is 1.60. The zero-order valence-corrected chi connectivity index (χ0v) is 18.5. The predicted molar refractivity (Wildman–Crippen MR) is 117 cm³/mol. The third-order valence-corrected chi connectivity index (χ3v) is 6.95. The number of aromatic nitrogens is 1. The van der Waals surface area contributed by atoms with E-state index < -0.39 is 15.7 Å². The summed E-state index contributed by atoms with van der Waals surface area (Å²) in [7, 11) is -0.441. The number of rotatable bonds is 8. The van der Waals surface area contributed by atoms with Crippen molar-refractivity contribution in [2.45, 2.75) is 18.2 Å². The number of amides is 1. The summed E-state index contributed by atoms with van der Waals surface area (Å²) in [6, 6.07) is 11.8. The van der Waals surface area contributed by atoms with Crippen molar-refractivity contribution in [2.75, 3.05) is 25.3 Å². The van der Waals surface area contributed by atoms with Crippen molar-refractivity contribution in [1.82, 2.24) is 4.98 Å². The fourth-order valence-corrected chi connectivity index (χ4v) is 4.79. The van der Waals surface area contributed by atoms with Crippen LogP contribution in [0.1, 0.15) is 12.0 Å². The number of ether oxygens (including phenoxy) is 2. The molecule has 2 aromatic carbocycles. The minimum atomic E-state index is -3.57. The van der Waals surface area contributed by atoms with Crippen LogP contribution < -0.4 is 14.8 Å². The number of benzene rings is 2. The molecule has 1 amide bonds. The molecule has 1 heterocycles. The fourth-order valence-electron chi connectivity index (χ4n) is 2.81.